The molecule has 0 aromatic heterocycles. The number of rotatable bonds is 3. The molecule has 3 heteroatoms. The van der Waals surface area contributed by atoms with Gasteiger partial charge in [-0.2, -0.15) is 35.4 Å². The normalized spacial score (nSPS) is 14.5. The van der Waals surface area contributed by atoms with Gasteiger partial charge in [-0.05, 0) is 28.4 Å². The molecule has 0 fully saturated rings. The molecule has 0 radical (unpaired) electrons. The zero-order valence-corrected chi connectivity index (χ0v) is 34.7. The third kappa shape index (κ3) is 11.1. The standard InChI is InChI=1S/C21H25.C13H10.C11H17.2ClH.Zr/c1-20(2,3)16-7-9-18-14(12-16)11-15-13-17(21(4,5)6)8-10-19(15)18;1-3-7-12(8-4-1)11-13-9-5-2-6-10-13;1-5-9-6-7-10(8-9)11(2,3)4;;;/h7-10,12H,11H2,1-6H3;1-10H;7-9H,5H2,1-4H3;2*1H;/q-1;;-1;;;+2. The van der Waals surface area contributed by atoms with E-state index >= 15 is 0 Å². The Morgan fingerprint density at radius 1 is 0.688 bits per heavy atom. The third-order valence-corrected chi connectivity index (χ3v) is 10.1. The van der Waals surface area contributed by atoms with E-state index < -0.39 is 0 Å². The van der Waals surface area contributed by atoms with E-state index in [1.54, 1.807) is 0 Å². The minimum atomic E-state index is 0. The molecule has 4 aromatic rings. The van der Waals surface area contributed by atoms with Crippen molar-refractivity contribution in [1.82, 2.24) is 0 Å². The topological polar surface area (TPSA) is 0 Å². The van der Waals surface area contributed by atoms with Gasteiger partial charge in [0.2, 0.25) is 0 Å². The summed E-state index contributed by atoms with van der Waals surface area (Å²) in [6.45, 7) is 22.5. The first-order valence-corrected chi connectivity index (χ1v) is 18.0. The van der Waals surface area contributed by atoms with Crippen LogP contribution < -0.4 is 0 Å². The minimum absolute atomic E-state index is 0. The molecule has 6 rings (SSSR count). The number of hydrogen-bond donors (Lipinski definition) is 0. The third-order valence-electron chi connectivity index (χ3n) is 8.73. The van der Waals surface area contributed by atoms with Crippen molar-refractivity contribution in [2.75, 3.05) is 0 Å². The summed E-state index contributed by atoms with van der Waals surface area (Å²) in [5, 5.41) is 0. The van der Waals surface area contributed by atoms with Crippen LogP contribution in [0.2, 0.25) is 0 Å². The second-order valence-corrected chi connectivity index (χ2v) is 16.8. The predicted octanol–water partition coefficient (Wildman–Crippen LogP) is 12.7. The van der Waals surface area contributed by atoms with Crippen LogP contribution in [0.5, 0.6) is 0 Å². The molecule has 0 aliphatic heterocycles. The number of hydrogen-bond acceptors (Lipinski definition) is 0. The van der Waals surface area contributed by atoms with Gasteiger partial charge in [0, 0.05) is 0 Å². The molecular formula is C45H54Cl2Zr. The zero-order chi connectivity index (χ0) is 33.7. The number of allylic oxidation sites excluding steroid dienone is 4. The molecule has 0 N–H and O–H groups in total. The molecule has 0 saturated heterocycles. The van der Waals surface area contributed by atoms with Gasteiger partial charge < -0.3 is 0 Å². The first-order chi connectivity index (χ1) is 21.6. The summed E-state index contributed by atoms with van der Waals surface area (Å²) in [4.78, 5) is 0. The second kappa shape index (κ2) is 17.6. The Kier molecular flexibility index (Phi) is 15.3. The van der Waals surface area contributed by atoms with E-state index in [4.69, 9.17) is 0 Å². The second-order valence-electron chi connectivity index (χ2n) is 15.6. The molecule has 1 atom stereocenters. The van der Waals surface area contributed by atoms with Crippen LogP contribution in [-0.4, -0.2) is 3.21 Å². The monoisotopic (exact) mass is 754 g/mol. The first-order valence-electron chi connectivity index (χ1n) is 16.8. The van der Waals surface area contributed by atoms with E-state index in [0.717, 1.165) is 6.42 Å². The SMILES string of the molecule is CC(C)(C)c1[c-]c2c(cc1)-c1ccc(C(C)(C)C)cc1C2.CCC1[C-]=CC(C(C)(C)C)=C1.Cl.Cl.[Zr+2]=[C](c1ccccc1)c1ccccc1. The fourth-order valence-electron chi connectivity index (χ4n) is 5.62. The first kappa shape index (κ1) is 41.9. The summed E-state index contributed by atoms with van der Waals surface area (Å²) in [5.41, 5.74) is 13.1. The molecule has 252 valence electrons. The van der Waals surface area contributed by atoms with Crippen molar-refractivity contribution in [3.8, 4) is 11.1 Å². The molecule has 2 aliphatic rings. The average Bonchev–Trinajstić information content (AvgIpc) is 3.66. The Hall–Kier alpha value is -2.31. The van der Waals surface area contributed by atoms with Gasteiger partial charge in [0.05, 0.1) is 0 Å². The van der Waals surface area contributed by atoms with Crippen LogP contribution >= 0.6 is 24.8 Å². The van der Waals surface area contributed by atoms with Crippen LogP contribution in [0.4, 0.5) is 0 Å². The molecule has 0 heterocycles. The van der Waals surface area contributed by atoms with E-state index in [9.17, 15) is 0 Å². The van der Waals surface area contributed by atoms with Gasteiger partial charge in [-0.25, -0.2) is 6.08 Å². The van der Waals surface area contributed by atoms with E-state index in [2.05, 4.69) is 185 Å². The molecule has 0 amide bonds. The Morgan fingerprint density at radius 3 is 1.67 bits per heavy atom. The van der Waals surface area contributed by atoms with Gasteiger partial charge in [-0.15, -0.1) is 35.9 Å². The predicted molar refractivity (Wildman–Crippen MR) is 211 cm³/mol. The van der Waals surface area contributed by atoms with Gasteiger partial charge in [-0.1, -0.05) is 111 Å². The summed E-state index contributed by atoms with van der Waals surface area (Å²) in [5.74, 6) is 0.573. The molecular weight excluding hydrogens is 703 g/mol. The Labute approximate surface area is 319 Å². The number of benzene rings is 4. The zero-order valence-electron chi connectivity index (χ0n) is 30.6. The van der Waals surface area contributed by atoms with Crippen molar-refractivity contribution in [2.45, 2.75) is 92.9 Å². The van der Waals surface area contributed by atoms with Gasteiger partial charge >= 0.3 is 99.2 Å². The molecule has 0 bridgehead atoms. The van der Waals surface area contributed by atoms with Gasteiger partial charge in [0.1, 0.15) is 0 Å². The van der Waals surface area contributed by atoms with Crippen molar-refractivity contribution >= 4 is 28.0 Å². The molecule has 2 aliphatic carbocycles. The van der Waals surface area contributed by atoms with Gasteiger partial charge in [0.15, 0.2) is 0 Å². The van der Waals surface area contributed by atoms with Crippen LogP contribution in [0.15, 0.2) is 109 Å². The molecule has 1 unspecified atom stereocenters. The maximum atomic E-state index is 3.67. The molecule has 0 saturated carbocycles. The van der Waals surface area contributed by atoms with Gasteiger partial charge in [-0.3, -0.25) is 6.08 Å². The fourth-order valence-corrected chi connectivity index (χ4v) is 6.44. The van der Waals surface area contributed by atoms with Crippen LogP contribution in [0.1, 0.15) is 109 Å². The molecule has 48 heavy (non-hydrogen) atoms. The number of halogens is 2. The molecule has 0 nitrogen and oxygen atoms in total. The van der Waals surface area contributed by atoms with Crippen molar-refractivity contribution < 1.29 is 24.2 Å². The van der Waals surface area contributed by atoms with Crippen LogP contribution in [0.25, 0.3) is 11.1 Å². The summed E-state index contributed by atoms with van der Waals surface area (Å²) < 4.78 is 1.42. The summed E-state index contributed by atoms with van der Waals surface area (Å²) in [6, 6.07) is 36.3. The quantitative estimate of drug-likeness (QED) is 0.161. The fraction of sp³-hybridized carbons (Fsp3) is 0.356. The van der Waals surface area contributed by atoms with Crippen molar-refractivity contribution in [2.24, 2.45) is 11.3 Å². The average molecular weight is 757 g/mol. The van der Waals surface area contributed by atoms with E-state index in [1.807, 2.05) is 0 Å². The summed E-state index contributed by atoms with van der Waals surface area (Å²) in [6.07, 6.45) is 10.0. The Balaban J connectivity index is 0.000000260. The molecule has 0 spiro atoms. The van der Waals surface area contributed by atoms with E-state index in [1.165, 1.54) is 83.9 Å². The van der Waals surface area contributed by atoms with E-state index in [0.29, 0.717) is 11.3 Å². The Bertz CT molecular complexity index is 1590. The van der Waals surface area contributed by atoms with Crippen molar-refractivity contribution in [3.05, 3.63) is 154 Å². The van der Waals surface area contributed by atoms with Crippen molar-refractivity contribution in [1.29, 1.82) is 0 Å². The van der Waals surface area contributed by atoms with Crippen LogP contribution in [0.3, 0.4) is 0 Å². The van der Waals surface area contributed by atoms with Gasteiger partial charge in [0.25, 0.3) is 0 Å². The van der Waals surface area contributed by atoms with E-state index in [-0.39, 0.29) is 35.6 Å². The summed E-state index contributed by atoms with van der Waals surface area (Å²) in [7, 11) is 0. The maximum absolute atomic E-state index is 3.67. The van der Waals surface area contributed by atoms with Crippen molar-refractivity contribution in [3.63, 3.8) is 0 Å². The number of fused-ring (bicyclic) bond motifs is 3. The Morgan fingerprint density at radius 2 is 1.23 bits per heavy atom. The van der Waals surface area contributed by atoms with Crippen LogP contribution in [-0.2, 0) is 41.5 Å². The molecule has 4 aromatic carbocycles. The van der Waals surface area contributed by atoms with Crippen LogP contribution in [0, 0.1) is 23.5 Å². The summed E-state index contributed by atoms with van der Waals surface area (Å²) >= 11 is 1.46.